The number of nitrogens with one attached hydrogen (secondary N) is 1. The van der Waals surface area contributed by atoms with Crippen molar-refractivity contribution in [1.82, 2.24) is 9.88 Å². The molecule has 3 rings (SSSR count). The second kappa shape index (κ2) is 9.37. The van der Waals surface area contributed by atoms with Crippen molar-refractivity contribution in [2.75, 3.05) is 56.7 Å². The number of carbonyl (C=O) groups is 1. The van der Waals surface area contributed by atoms with Crippen LogP contribution in [-0.2, 0) is 4.74 Å². The molecule has 0 saturated carbocycles. The summed E-state index contributed by atoms with van der Waals surface area (Å²) < 4.78 is 5.05. The Kier molecular flexibility index (Phi) is 6.65. The van der Waals surface area contributed by atoms with Crippen LogP contribution >= 0.6 is 0 Å². The molecule has 1 aromatic carbocycles. The van der Waals surface area contributed by atoms with Crippen LogP contribution in [0.5, 0.6) is 0 Å². The highest BCUT2D eigenvalue weighted by molar-refractivity contribution is 5.95. The number of carbonyl (C=O) groups excluding carboxylic acids is 1. The third-order valence-electron chi connectivity index (χ3n) is 4.77. The summed E-state index contributed by atoms with van der Waals surface area (Å²) in [5.41, 5.74) is 3.99. The first-order chi connectivity index (χ1) is 13.2. The van der Waals surface area contributed by atoms with Gasteiger partial charge in [0.05, 0.1) is 11.3 Å². The van der Waals surface area contributed by atoms with E-state index in [1.807, 2.05) is 11.0 Å². The van der Waals surface area contributed by atoms with Crippen LogP contribution in [0.1, 0.15) is 22.3 Å². The smallest absolute Gasteiger partial charge is 0.255 e. The van der Waals surface area contributed by atoms with Crippen LogP contribution in [0.3, 0.4) is 0 Å². The molecule has 1 N–H and O–H groups in total. The van der Waals surface area contributed by atoms with Gasteiger partial charge in [-0.3, -0.25) is 9.78 Å². The molecular formula is C21H28N4O2. The van der Waals surface area contributed by atoms with Gasteiger partial charge in [0.2, 0.25) is 0 Å². The Bertz CT molecular complexity index is 757. The summed E-state index contributed by atoms with van der Waals surface area (Å²) in [6.45, 7) is 6.74. The van der Waals surface area contributed by atoms with Crippen molar-refractivity contribution < 1.29 is 9.53 Å². The molecule has 6 heteroatoms. The fourth-order valence-corrected chi connectivity index (χ4v) is 3.28. The molecule has 0 radical (unpaired) electrons. The number of pyridine rings is 1. The highest BCUT2D eigenvalue weighted by Crippen LogP contribution is 2.19. The first kappa shape index (κ1) is 19.2. The van der Waals surface area contributed by atoms with Crippen LogP contribution in [0.15, 0.2) is 42.7 Å². The number of aryl methyl sites for hydroxylation is 1. The fourth-order valence-electron chi connectivity index (χ4n) is 3.28. The number of amides is 1. The lowest BCUT2D eigenvalue weighted by atomic mass is 10.1. The van der Waals surface area contributed by atoms with E-state index in [9.17, 15) is 4.79 Å². The van der Waals surface area contributed by atoms with E-state index >= 15 is 0 Å². The van der Waals surface area contributed by atoms with Crippen LogP contribution < -0.4 is 10.2 Å². The molecule has 0 atom stereocenters. The molecule has 0 spiro atoms. The van der Waals surface area contributed by atoms with E-state index in [1.54, 1.807) is 19.5 Å². The number of ether oxygens (including phenoxy) is 1. The van der Waals surface area contributed by atoms with Gasteiger partial charge in [0.1, 0.15) is 0 Å². The molecule has 144 valence electrons. The zero-order valence-electron chi connectivity index (χ0n) is 16.1. The predicted octanol–water partition coefficient (Wildman–Crippen LogP) is 2.80. The largest absolute Gasteiger partial charge is 0.385 e. The average molecular weight is 368 g/mol. The number of anilines is 2. The number of methoxy groups -OCH3 is 1. The van der Waals surface area contributed by atoms with E-state index in [1.165, 1.54) is 11.3 Å². The molecule has 27 heavy (non-hydrogen) atoms. The fraction of sp³-hybridized carbons (Fsp3) is 0.429. The molecule has 1 amide bonds. The van der Waals surface area contributed by atoms with Crippen molar-refractivity contribution >= 4 is 17.3 Å². The molecule has 2 heterocycles. The lowest BCUT2D eigenvalue weighted by Gasteiger charge is -2.36. The van der Waals surface area contributed by atoms with Crippen LogP contribution in [0, 0.1) is 6.92 Å². The first-order valence-corrected chi connectivity index (χ1v) is 9.46. The maximum absolute atomic E-state index is 12.8. The van der Waals surface area contributed by atoms with Gasteiger partial charge in [-0.25, -0.2) is 0 Å². The Morgan fingerprint density at radius 2 is 2.00 bits per heavy atom. The summed E-state index contributed by atoms with van der Waals surface area (Å²) in [6.07, 6.45) is 4.31. The Balaban J connectivity index is 1.56. The average Bonchev–Trinajstić information content (AvgIpc) is 2.71. The van der Waals surface area contributed by atoms with Crippen molar-refractivity contribution in [2.24, 2.45) is 0 Å². The van der Waals surface area contributed by atoms with Crippen molar-refractivity contribution in [3.8, 4) is 0 Å². The molecule has 1 fully saturated rings. The Hall–Kier alpha value is -2.60. The van der Waals surface area contributed by atoms with E-state index in [4.69, 9.17) is 4.74 Å². The summed E-state index contributed by atoms with van der Waals surface area (Å²) in [5.74, 6) is 0.0481. The SMILES string of the molecule is COCCCNc1cncc(C(=O)N2CCN(c3cccc(C)c3)CC2)c1. The van der Waals surface area contributed by atoms with Gasteiger partial charge < -0.3 is 19.9 Å². The number of hydrogen-bond acceptors (Lipinski definition) is 5. The van der Waals surface area contributed by atoms with Gasteiger partial charge in [0.15, 0.2) is 0 Å². The summed E-state index contributed by atoms with van der Waals surface area (Å²) in [6, 6.07) is 10.4. The molecule has 0 unspecified atom stereocenters. The minimum atomic E-state index is 0.0481. The molecule has 0 bridgehead atoms. The highest BCUT2D eigenvalue weighted by Gasteiger charge is 2.22. The maximum atomic E-state index is 12.8. The van der Waals surface area contributed by atoms with E-state index < -0.39 is 0 Å². The second-order valence-electron chi connectivity index (χ2n) is 6.85. The number of benzene rings is 1. The zero-order chi connectivity index (χ0) is 19.1. The zero-order valence-corrected chi connectivity index (χ0v) is 16.1. The standard InChI is InChI=1S/C21H28N4O2/c1-17-5-3-6-20(13-17)24-8-10-25(11-9-24)21(26)18-14-19(16-22-15-18)23-7-4-12-27-2/h3,5-6,13-16,23H,4,7-12H2,1-2H3. The minimum Gasteiger partial charge on any atom is -0.385 e. The first-order valence-electron chi connectivity index (χ1n) is 9.46. The predicted molar refractivity (Wildman–Crippen MR) is 109 cm³/mol. The number of hydrogen-bond donors (Lipinski definition) is 1. The molecule has 6 nitrogen and oxygen atoms in total. The van der Waals surface area contributed by atoms with Crippen molar-refractivity contribution in [3.05, 3.63) is 53.9 Å². The molecule has 1 aliphatic heterocycles. The summed E-state index contributed by atoms with van der Waals surface area (Å²) in [7, 11) is 1.69. The number of aromatic nitrogens is 1. The quantitative estimate of drug-likeness (QED) is 0.762. The second-order valence-corrected chi connectivity index (χ2v) is 6.85. The monoisotopic (exact) mass is 368 g/mol. The van der Waals surface area contributed by atoms with Gasteiger partial charge in [0.25, 0.3) is 5.91 Å². The van der Waals surface area contributed by atoms with Crippen molar-refractivity contribution in [1.29, 1.82) is 0 Å². The van der Waals surface area contributed by atoms with E-state index in [-0.39, 0.29) is 5.91 Å². The molecule has 1 aliphatic rings. The van der Waals surface area contributed by atoms with Gasteiger partial charge in [-0.1, -0.05) is 12.1 Å². The molecule has 1 aromatic heterocycles. The minimum absolute atomic E-state index is 0.0481. The van der Waals surface area contributed by atoms with E-state index in [2.05, 4.69) is 46.4 Å². The lowest BCUT2D eigenvalue weighted by molar-refractivity contribution is 0.0746. The van der Waals surface area contributed by atoms with Crippen LogP contribution in [0.4, 0.5) is 11.4 Å². The van der Waals surface area contributed by atoms with Crippen molar-refractivity contribution in [3.63, 3.8) is 0 Å². The Morgan fingerprint density at radius 1 is 1.19 bits per heavy atom. The maximum Gasteiger partial charge on any atom is 0.255 e. The Labute approximate surface area is 161 Å². The van der Waals surface area contributed by atoms with Crippen LogP contribution in [-0.4, -0.2) is 62.2 Å². The molecule has 2 aromatic rings. The van der Waals surface area contributed by atoms with Gasteiger partial charge in [-0.2, -0.15) is 0 Å². The Morgan fingerprint density at radius 3 is 2.74 bits per heavy atom. The summed E-state index contributed by atoms with van der Waals surface area (Å²) >= 11 is 0. The third kappa shape index (κ3) is 5.20. The van der Waals surface area contributed by atoms with E-state index in [0.29, 0.717) is 12.2 Å². The van der Waals surface area contributed by atoms with Gasteiger partial charge in [-0.15, -0.1) is 0 Å². The molecule has 1 saturated heterocycles. The van der Waals surface area contributed by atoms with Crippen LogP contribution in [0.25, 0.3) is 0 Å². The van der Waals surface area contributed by atoms with E-state index in [0.717, 1.165) is 44.8 Å². The lowest BCUT2D eigenvalue weighted by Crippen LogP contribution is -2.48. The van der Waals surface area contributed by atoms with Gasteiger partial charge >= 0.3 is 0 Å². The number of piperazine rings is 1. The molecule has 0 aliphatic carbocycles. The van der Waals surface area contributed by atoms with Gasteiger partial charge in [-0.05, 0) is 37.1 Å². The summed E-state index contributed by atoms with van der Waals surface area (Å²) in [4.78, 5) is 21.3. The van der Waals surface area contributed by atoms with Crippen LogP contribution in [0.2, 0.25) is 0 Å². The highest BCUT2D eigenvalue weighted by atomic mass is 16.5. The number of rotatable bonds is 7. The summed E-state index contributed by atoms with van der Waals surface area (Å²) in [5, 5.41) is 3.29. The third-order valence-corrected chi connectivity index (χ3v) is 4.77. The van der Waals surface area contributed by atoms with Crippen molar-refractivity contribution in [2.45, 2.75) is 13.3 Å². The normalized spacial score (nSPS) is 14.3. The molecular weight excluding hydrogens is 340 g/mol. The number of nitrogens with zero attached hydrogens (tertiary/aromatic N) is 3. The topological polar surface area (TPSA) is 57.7 Å². The van der Waals surface area contributed by atoms with Gasteiger partial charge in [0, 0.05) is 64.5 Å².